The Morgan fingerprint density at radius 3 is 2.71 bits per heavy atom. The van der Waals surface area contributed by atoms with Gasteiger partial charge in [-0.2, -0.15) is 5.10 Å². The molecule has 5 rings (SSSR count). The number of hydrogen-bond donors (Lipinski definition) is 1. The lowest BCUT2D eigenvalue weighted by atomic mass is 10.1. The van der Waals surface area contributed by atoms with E-state index in [1.165, 1.54) is 11.8 Å². The molecule has 0 fully saturated rings. The number of rotatable bonds is 7. The van der Waals surface area contributed by atoms with E-state index in [-0.39, 0.29) is 17.9 Å². The van der Waals surface area contributed by atoms with Crippen molar-refractivity contribution in [1.29, 1.82) is 0 Å². The maximum absolute atomic E-state index is 12.8. The fourth-order valence-electron chi connectivity index (χ4n) is 4.38. The van der Waals surface area contributed by atoms with E-state index < -0.39 is 0 Å². The molecule has 1 atom stereocenters. The molecule has 1 unspecified atom stereocenters. The largest absolute Gasteiger partial charge is 0.486 e. The second-order valence-electron chi connectivity index (χ2n) is 8.62. The van der Waals surface area contributed by atoms with Crippen LogP contribution in [-0.2, 0) is 9.59 Å². The molecule has 8 nitrogen and oxygen atoms in total. The van der Waals surface area contributed by atoms with Gasteiger partial charge < -0.3 is 19.7 Å². The summed E-state index contributed by atoms with van der Waals surface area (Å²) in [5.74, 6) is 1.79. The van der Waals surface area contributed by atoms with Gasteiger partial charge in [0.2, 0.25) is 11.8 Å². The van der Waals surface area contributed by atoms with Gasteiger partial charge in [-0.15, -0.1) is 0 Å². The minimum absolute atomic E-state index is 0.0447. The minimum Gasteiger partial charge on any atom is -0.486 e. The molecule has 0 aliphatic carbocycles. The zero-order valence-electron chi connectivity index (χ0n) is 19.8. The molecule has 9 heteroatoms. The summed E-state index contributed by atoms with van der Waals surface area (Å²) in [6.07, 6.45) is 0.887. The smallest absolute Gasteiger partial charge is 0.237 e. The molecule has 0 saturated carbocycles. The van der Waals surface area contributed by atoms with Crippen LogP contribution in [0.5, 0.6) is 11.5 Å². The summed E-state index contributed by atoms with van der Waals surface area (Å²) in [6.45, 7) is 5.41. The van der Waals surface area contributed by atoms with Crippen LogP contribution < -0.4 is 19.7 Å². The Bertz CT molecular complexity index is 1240. The van der Waals surface area contributed by atoms with E-state index in [1.54, 1.807) is 4.90 Å². The summed E-state index contributed by atoms with van der Waals surface area (Å²) in [5, 5.41) is 8.71. The molecule has 2 aliphatic rings. The Hall–Kier alpha value is -3.46. The van der Waals surface area contributed by atoms with E-state index in [4.69, 9.17) is 14.6 Å². The predicted molar refractivity (Wildman–Crippen MR) is 135 cm³/mol. The van der Waals surface area contributed by atoms with Gasteiger partial charge in [0.25, 0.3) is 0 Å². The molecule has 2 amide bonds. The van der Waals surface area contributed by atoms with Crippen molar-refractivity contribution in [3.05, 3.63) is 59.8 Å². The predicted octanol–water partition coefficient (Wildman–Crippen LogP) is 4.05. The lowest BCUT2D eigenvalue weighted by Gasteiger charge is -2.27. The number of aryl methyl sites for hydroxylation is 1. The van der Waals surface area contributed by atoms with Crippen LogP contribution in [0.1, 0.15) is 37.1 Å². The lowest BCUT2D eigenvalue weighted by Crippen LogP contribution is -2.37. The van der Waals surface area contributed by atoms with Crippen LogP contribution in [0.4, 0.5) is 5.69 Å². The molecule has 0 bridgehead atoms. The van der Waals surface area contributed by atoms with Gasteiger partial charge in [-0.05, 0) is 50.1 Å². The monoisotopic (exact) mass is 492 g/mol. The molecule has 0 saturated heterocycles. The second-order valence-corrected chi connectivity index (χ2v) is 9.58. The number of nitrogens with zero attached hydrogens (tertiary/aromatic N) is 3. The fraction of sp³-hybridized carbons (Fsp3) is 0.346. The Kier molecular flexibility index (Phi) is 6.68. The normalized spacial score (nSPS) is 15.5. The number of thioether (sulfide) groups is 1. The van der Waals surface area contributed by atoms with Gasteiger partial charge in [0.15, 0.2) is 11.5 Å². The molecular formula is C26H28N4O4S. The highest BCUT2D eigenvalue weighted by molar-refractivity contribution is 8.00. The zero-order chi connectivity index (χ0) is 24.4. The topological polar surface area (TPSA) is 85.7 Å². The van der Waals surface area contributed by atoms with Crippen LogP contribution in [0, 0.1) is 6.92 Å². The number of para-hydroxylation sites is 1. The molecule has 1 aromatic heterocycles. The van der Waals surface area contributed by atoms with Gasteiger partial charge in [0.1, 0.15) is 18.2 Å². The van der Waals surface area contributed by atoms with Crippen LogP contribution >= 0.6 is 11.8 Å². The Balaban J connectivity index is 1.21. The number of anilines is 1. The highest BCUT2D eigenvalue weighted by atomic mass is 32.2. The van der Waals surface area contributed by atoms with Crippen molar-refractivity contribution in [2.75, 3.05) is 30.4 Å². The Morgan fingerprint density at radius 1 is 1.14 bits per heavy atom. The number of carbonyl (C=O) groups excluding carboxylic acids is 2. The third-order valence-corrected chi connectivity index (χ3v) is 7.15. The lowest BCUT2D eigenvalue weighted by molar-refractivity contribution is -0.122. The molecule has 3 aromatic rings. The quantitative estimate of drug-likeness (QED) is 0.536. The molecule has 2 aromatic carbocycles. The first-order chi connectivity index (χ1) is 17.0. The maximum atomic E-state index is 12.8. The van der Waals surface area contributed by atoms with E-state index in [2.05, 4.69) is 5.32 Å². The average molecular weight is 493 g/mol. The summed E-state index contributed by atoms with van der Waals surface area (Å²) in [4.78, 5) is 27.2. The van der Waals surface area contributed by atoms with Crippen molar-refractivity contribution in [2.24, 2.45) is 0 Å². The fourth-order valence-corrected chi connectivity index (χ4v) is 5.45. The first-order valence-electron chi connectivity index (χ1n) is 11.8. The van der Waals surface area contributed by atoms with Gasteiger partial charge >= 0.3 is 0 Å². The first kappa shape index (κ1) is 23.3. The summed E-state index contributed by atoms with van der Waals surface area (Å²) in [5.41, 5.74) is 3.58. The van der Waals surface area contributed by atoms with Crippen LogP contribution in [-0.4, -0.2) is 47.1 Å². The van der Waals surface area contributed by atoms with Crippen LogP contribution in [0.15, 0.2) is 53.6 Å². The number of carbonyl (C=O) groups is 2. The number of nitrogens with one attached hydrogen (secondary N) is 1. The number of aromatic nitrogens is 2. The first-order valence-corrected chi connectivity index (χ1v) is 12.8. The average Bonchev–Trinajstić information content (AvgIpc) is 3.22. The molecule has 35 heavy (non-hydrogen) atoms. The third kappa shape index (κ3) is 4.86. The van der Waals surface area contributed by atoms with E-state index in [1.807, 2.05) is 67.1 Å². The molecule has 0 radical (unpaired) electrons. The van der Waals surface area contributed by atoms with E-state index in [0.29, 0.717) is 44.1 Å². The van der Waals surface area contributed by atoms with Crippen LogP contribution in [0.2, 0.25) is 0 Å². The number of benzene rings is 2. The van der Waals surface area contributed by atoms with E-state index in [9.17, 15) is 9.59 Å². The third-order valence-electron chi connectivity index (χ3n) is 6.12. The molecular weight excluding hydrogens is 464 g/mol. The summed E-state index contributed by atoms with van der Waals surface area (Å²) < 4.78 is 13.1. The van der Waals surface area contributed by atoms with Crippen molar-refractivity contribution >= 4 is 29.3 Å². The van der Waals surface area contributed by atoms with E-state index in [0.717, 1.165) is 33.4 Å². The van der Waals surface area contributed by atoms with Crippen molar-refractivity contribution < 1.29 is 19.1 Å². The van der Waals surface area contributed by atoms with Crippen LogP contribution in [0.25, 0.3) is 5.69 Å². The van der Waals surface area contributed by atoms with Gasteiger partial charge in [0, 0.05) is 13.0 Å². The Morgan fingerprint density at radius 2 is 1.91 bits per heavy atom. The summed E-state index contributed by atoms with van der Waals surface area (Å²) in [6, 6.07) is 15.5. The van der Waals surface area contributed by atoms with Crippen molar-refractivity contribution in [1.82, 2.24) is 15.1 Å². The standard InChI is InChI=1S/C26H28N4O4S/c1-17(19-10-11-21-22(15-19)34-14-13-33-21)27-23(31)9-6-12-29-24(32)16-35-26-25(29)18(2)28-30(26)20-7-4-3-5-8-20/h3-5,7-8,10-11,15,17H,6,9,12-14,16H2,1-2H3,(H,27,31). The van der Waals surface area contributed by atoms with Gasteiger partial charge in [0.05, 0.1) is 28.9 Å². The number of fused-ring (bicyclic) bond motifs is 2. The molecule has 1 N–H and O–H groups in total. The Labute approximate surface area is 208 Å². The number of ether oxygens (including phenoxy) is 2. The van der Waals surface area contributed by atoms with Crippen molar-refractivity contribution in [2.45, 2.75) is 37.8 Å². The number of hydrogen-bond acceptors (Lipinski definition) is 6. The highest BCUT2D eigenvalue weighted by Gasteiger charge is 2.31. The maximum Gasteiger partial charge on any atom is 0.237 e. The molecule has 182 valence electrons. The molecule has 3 heterocycles. The summed E-state index contributed by atoms with van der Waals surface area (Å²) in [7, 11) is 0. The zero-order valence-corrected chi connectivity index (χ0v) is 20.6. The van der Waals surface area contributed by atoms with Crippen molar-refractivity contribution in [3.63, 3.8) is 0 Å². The van der Waals surface area contributed by atoms with Crippen LogP contribution in [0.3, 0.4) is 0 Å². The van der Waals surface area contributed by atoms with Gasteiger partial charge in [-0.1, -0.05) is 36.0 Å². The second kappa shape index (κ2) is 10.0. The van der Waals surface area contributed by atoms with Crippen molar-refractivity contribution in [3.8, 4) is 17.2 Å². The highest BCUT2D eigenvalue weighted by Crippen LogP contribution is 2.39. The minimum atomic E-state index is -0.163. The van der Waals surface area contributed by atoms with Gasteiger partial charge in [-0.3, -0.25) is 9.59 Å². The molecule has 0 spiro atoms. The SMILES string of the molecule is Cc1nn(-c2ccccc2)c2c1N(CCCC(=O)NC(C)c1ccc3c(c1)OCCO3)C(=O)CS2. The van der Waals surface area contributed by atoms with Gasteiger partial charge in [-0.25, -0.2) is 4.68 Å². The molecule has 2 aliphatic heterocycles. The number of amides is 2. The summed E-state index contributed by atoms with van der Waals surface area (Å²) >= 11 is 1.51. The van der Waals surface area contributed by atoms with E-state index >= 15 is 0 Å².